The molecule has 0 saturated carbocycles. The summed E-state index contributed by atoms with van der Waals surface area (Å²) in [6.45, 7) is 0. The maximum absolute atomic E-state index is 10.5. The van der Waals surface area contributed by atoms with Gasteiger partial charge in [-0.2, -0.15) is 0 Å². The molecule has 4 nitrogen and oxygen atoms in total. The third-order valence-electron chi connectivity index (χ3n) is 1.42. The minimum Gasteiger partial charge on any atom is -0.545 e. The van der Waals surface area contributed by atoms with Gasteiger partial charge < -0.3 is 19.8 Å². The molecular formula is C8H3BrK2O4. The molecule has 15 heavy (non-hydrogen) atoms. The molecule has 0 aliphatic carbocycles. The van der Waals surface area contributed by atoms with Crippen molar-refractivity contribution in [2.45, 2.75) is 0 Å². The Hall–Kier alpha value is 1.91. The molecule has 0 bridgehead atoms. The maximum Gasteiger partial charge on any atom is 1.00 e. The van der Waals surface area contributed by atoms with E-state index in [4.69, 9.17) is 0 Å². The average Bonchev–Trinajstić information content (AvgIpc) is 2.03. The largest absolute Gasteiger partial charge is 1.00 e. The summed E-state index contributed by atoms with van der Waals surface area (Å²) < 4.78 is 0.469. The van der Waals surface area contributed by atoms with Crippen LogP contribution in [-0.4, -0.2) is 11.9 Å². The van der Waals surface area contributed by atoms with Gasteiger partial charge in [-0.1, -0.05) is 22.0 Å². The summed E-state index contributed by atoms with van der Waals surface area (Å²) in [4.78, 5) is 20.9. The first-order valence-corrected chi connectivity index (χ1v) is 4.04. The van der Waals surface area contributed by atoms with Gasteiger partial charge in [0.15, 0.2) is 0 Å². The normalized spacial score (nSPS) is 8.33. The number of carboxylic acids is 2. The van der Waals surface area contributed by atoms with Crippen LogP contribution in [0, 0.1) is 0 Å². The molecule has 0 spiro atoms. The Morgan fingerprint density at radius 3 is 1.87 bits per heavy atom. The van der Waals surface area contributed by atoms with Gasteiger partial charge >= 0.3 is 103 Å². The second-order valence-electron chi connectivity index (χ2n) is 2.26. The first-order chi connectivity index (χ1) is 6.02. The standard InChI is InChI=1S/C8H5BrO4.2K/c9-4-1-2-5(7(10)11)6(3-4)8(12)13;;/h1-3H,(H,10,11)(H,12,13);;/q;2*+1/p-2. The fourth-order valence-corrected chi connectivity index (χ4v) is 1.22. The number of benzene rings is 1. The van der Waals surface area contributed by atoms with E-state index in [2.05, 4.69) is 15.9 Å². The van der Waals surface area contributed by atoms with Crippen molar-refractivity contribution in [1.82, 2.24) is 0 Å². The molecule has 0 N–H and O–H groups in total. The van der Waals surface area contributed by atoms with Crippen LogP contribution in [0.2, 0.25) is 0 Å². The van der Waals surface area contributed by atoms with Gasteiger partial charge in [-0.25, -0.2) is 0 Å². The molecule has 0 heterocycles. The third kappa shape index (κ3) is 5.87. The van der Waals surface area contributed by atoms with E-state index in [1.807, 2.05) is 0 Å². The van der Waals surface area contributed by atoms with Crippen LogP contribution in [0.5, 0.6) is 0 Å². The van der Waals surface area contributed by atoms with Crippen LogP contribution in [-0.2, 0) is 0 Å². The summed E-state index contributed by atoms with van der Waals surface area (Å²) in [5.41, 5.74) is -0.780. The van der Waals surface area contributed by atoms with E-state index >= 15 is 0 Å². The minimum absolute atomic E-state index is 0. The zero-order valence-corrected chi connectivity index (χ0v) is 16.1. The number of halogens is 1. The van der Waals surface area contributed by atoms with E-state index in [-0.39, 0.29) is 108 Å². The molecule has 0 aromatic heterocycles. The van der Waals surface area contributed by atoms with Crippen LogP contribution in [0.15, 0.2) is 22.7 Å². The smallest absolute Gasteiger partial charge is 0.545 e. The second kappa shape index (κ2) is 8.92. The number of hydrogen-bond donors (Lipinski definition) is 0. The zero-order valence-electron chi connectivity index (χ0n) is 8.24. The Bertz CT molecular complexity index is 381. The molecule has 0 aliphatic rings. The quantitative estimate of drug-likeness (QED) is 0.507. The third-order valence-corrected chi connectivity index (χ3v) is 1.91. The average molecular weight is 321 g/mol. The van der Waals surface area contributed by atoms with Gasteiger partial charge in [0, 0.05) is 15.6 Å². The summed E-state index contributed by atoms with van der Waals surface area (Å²) in [6, 6.07) is 3.71. The summed E-state index contributed by atoms with van der Waals surface area (Å²) in [5, 5.41) is 20.9. The molecule has 1 aromatic rings. The van der Waals surface area contributed by atoms with Gasteiger partial charge in [0.2, 0.25) is 0 Å². The van der Waals surface area contributed by atoms with E-state index in [0.29, 0.717) is 4.47 Å². The molecule has 1 rings (SSSR count). The zero-order chi connectivity index (χ0) is 10.0. The van der Waals surface area contributed by atoms with Crippen molar-refractivity contribution in [3.63, 3.8) is 0 Å². The molecular weight excluding hydrogens is 318 g/mol. The Kier molecular flexibility index (Phi) is 11.5. The van der Waals surface area contributed by atoms with Gasteiger partial charge in [0.05, 0.1) is 11.9 Å². The number of hydrogen-bond acceptors (Lipinski definition) is 4. The summed E-state index contributed by atoms with van der Waals surface area (Å²) in [7, 11) is 0. The fourth-order valence-electron chi connectivity index (χ4n) is 0.863. The topological polar surface area (TPSA) is 80.3 Å². The van der Waals surface area contributed by atoms with Gasteiger partial charge in [-0.3, -0.25) is 0 Å². The monoisotopic (exact) mass is 320 g/mol. The van der Waals surface area contributed by atoms with Gasteiger partial charge in [-0.15, -0.1) is 0 Å². The van der Waals surface area contributed by atoms with Crippen LogP contribution in [0.25, 0.3) is 0 Å². The molecule has 0 radical (unpaired) electrons. The second-order valence-corrected chi connectivity index (χ2v) is 3.18. The molecule has 0 aliphatic heterocycles. The van der Waals surface area contributed by atoms with E-state index < -0.39 is 17.5 Å². The Labute approximate surface area is 180 Å². The summed E-state index contributed by atoms with van der Waals surface area (Å²) in [5.74, 6) is -3.08. The van der Waals surface area contributed by atoms with E-state index in [1.54, 1.807) is 0 Å². The van der Waals surface area contributed by atoms with Gasteiger partial charge in [0.25, 0.3) is 0 Å². The van der Waals surface area contributed by atoms with Crippen molar-refractivity contribution in [3.8, 4) is 0 Å². The van der Waals surface area contributed by atoms with Crippen molar-refractivity contribution in [1.29, 1.82) is 0 Å². The molecule has 0 saturated heterocycles. The van der Waals surface area contributed by atoms with Crippen molar-refractivity contribution >= 4 is 27.9 Å². The predicted molar refractivity (Wildman–Crippen MR) is 42.8 cm³/mol. The van der Waals surface area contributed by atoms with Gasteiger partial charge in [-0.05, 0) is 12.1 Å². The number of carbonyl (C=O) groups is 2. The summed E-state index contributed by atoms with van der Waals surface area (Å²) >= 11 is 3.01. The van der Waals surface area contributed by atoms with Crippen molar-refractivity contribution in [2.75, 3.05) is 0 Å². The van der Waals surface area contributed by atoms with E-state index in [9.17, 15) is 19.8 Å². The van der Waals surface area contributed by atoms with Crippen LogP contribution in [0.1, 0.15) is 20.7 Å². The van der Waals surface area contributed by atoms with Crippen molar-refractivity contribution in [2.24, 2.45) is 0 Å². The number of carbonyl (C=O) groups excluding carboxylic acids is 2. The molecule has 0 amide bonds. The molecule has 68 valence electrons. The molecule has 7 heteroatoms. The maximum atomic E-state index is 10.5. The van der Waals surface area contributed by atoms with Crippen molar-refractivity contribution < 1.29 is 123 Å². The first kappa shape index (κ1) is 19.3. The summed E-state index contributed by atoms with van der Waals surface area (Å²) in [6.07, 6.45) is 0. The van der Waals surface area contributed by atoms with Crippen LogP contribution in [0.4, 0.5) is 0 Å². The molecule has 0 unspecified atom stereocenters. The molecule has 0 atom stereocenters. The molecule has 1 aromatic carbocycles. The predicted octanol–water partition coefficient (Wildman–Crippen LogP) is -6.82. The Morgan fingerprint density at radius 2 is 1.47 bits per heavy atom. The number of carboxylic acid groups (broad SMARTS) is 2. The van der Waals surface area contributed by atoms with E-state index in [1.165, 1.54) is 6.07 Å². The van der Waals surface area contributed by atoms with Crippen molar-refractivity contribution in [3.05, 3.63) is 33.8 Å². The Balaban J connectivity index is 0. The SMILES string of the molecule is O=C([O-])c1ccc(Br)cc1C(=O)[O-].[K+].[K+]. The minimum atomic E-state index is -1.54. The van der Waals surface area contributed by atoms with E-state index in [0.717, 1.165) is 12.1 Å². The number of rotatable bonds is 2. The van der Waals surface area contributed by atoms with Gasteiger partial charge in [0.1, 0.15) is 0 Å². The van der Waals surface area contributed by atoms with Crippen LogP contribution in [0.3, 0.4) is 0 Å². The first-order valence-electron chi connectivity index (χ1n) is 3.24. The van der Waals surface area contributed by atoms with Crippen LogP contribution >= 0.6 is 15.9 Å². The Morgan fingerprint density at radius 1 is 1.00 bits per heavy atom. The molecule has 0 fully saturated rings. The fraction of sp³-hybridized carbons (Fsp3) is 0. The number of aromatic carboxylic acids is 2. The van der Waals surface area contributed by atoms with Crippen LogP contribution < -0.4 is 113 Å².